The average molecular weight is 383 g/mol. The van der Waals surface area contributed by atoms with Crippen LogP contribution in [0.25, 0.3) is 0 Å². The van der Waals surface area contributed by atoms with Crippen LogP contribution in [0, 0.1) is 6.92 Å². The fraction of sp³-hybridized carbons (Fsp3) is 0.611. The number of nitrogens with one attached hydrogen (secondary N) is 2. The molecule has 8 heteroatoms. The van der Waals surface area contributed by atoms with Gasteiger partial charge in [-0.1, -0.05) is 24.6 Å². The minimum Gasteiger partial charge on any atom is -0.335 e. The van der Waals surface area contributed by atoms with Crippen LogP contribution in [0.4, 0.5) is 4.79 Å². The lowest BCUT2D eigenvalue weighted by atomic mass is 10.0. The Morgan fingerprint density at radius 2 is 1.69 bits per heavy atom. The second-order valence-electron chi connectivity index (χ2n) is 7.33. The predicted octanol–water partition coefficient (Wildman–Crippen LogP) is 1.40. The highest BCUT2D eigenvalue weighted by molar-refractivity contribution is 7.90. The van der Waals surface area contributed by atoms with Gasteiger partial charge in [0.15, 0.2) is 0 Å². The molecule has 0 atom stereocenters. The van der Waals surface area contributed by atoms with Crippen molar-refractivity contribution >= 4 is 16.1 Å². The van der Waals surface area contributed by atoms with Crippen molar-refractivity contribution in [2.75, 3.05) is 39.3 Å². The summed E-state index contributed by atoms with van der Waals surface area (Å²) < 4.78 is 26.6. The molecule has 2 N–H and O–H groups in total. The maximum absolute atomic E-state index is 12.3. The monoisotopic (exact) mass is 382 g/mol. The van der Waals surface area contributed by atoms with Crippen LogP contribution in [-0.2, 0) is 10.0 Å². The van der Waals surface area contributed by atoms with Gasteiger partial charge in [-0.2, -0.15) is 0 Å². The SMILES string of the molecule is CCN1CCN(C(C)(C)CNC(=O)NS(=O)(=O)c2ccc(C)cc2)CC1. The van der Waals surface area contributed by atoms with Crippen LogP contribution in [0.15, 0.2) is 29.2 Å². The second-order valence-corrected chi connectivity index (χ2v) is 9.02. The van der Waals surface area contributed by atoms with Crippen molar-refractivity contribution in [3.8, 4) is 0 Å². The number of sulfonamides is 1. The molecule has 1 fully saturated rings. The summed E-state index contributed by atoms with van der Waals surface area (Å²) in [6.07, 6.45) is 0. The Morgan fingerprint density at radius 1 is 1.12 bits per heavy atom. The van der Waals surface area contributed by atoms with Crippen molar-refractivity contribution in [2.24, 2.45) is 0 Å². The molecule has 0 radical (unpaired) electrons. The number of carbonyl (C=O) groups is 1. The minimum absolute atomic E-state index is 0.0770. The van der Waals surface area contributed by atoms with E-state index in [9.17, 15) is 13.2 Å². The molecular weight excluding hydrogens is 352 g/mol. The molecule has 1 heterocycles. The van der Waals surface area contributed by atoms with Gasteiger partial charge in [0.2, 0.25) is 0 Å². The first kappa shape index (κ1) is 20.7. The summed E-state index contributed by atoms with van der Waals surface area (Å²) in [5.41, 5.74) is 0.712. The normalized spacial score (nSPS) is 17.1. The summed E-state index contributed by atoms with van der Waals surface area (Å²) in [5.74, 6) is 0. The molecule has 7 nitrogen and oxygen atoms in total. The zero-order valence-corrected chi connectivity index (χ0v) is 16.9. The molecule has 0 spiro atoms. The van der Waals surface area contributed by atoms with Crippen molar-refractivity contribution in [1.29, 1.82) is 0 Å². The Bertz CT molecular complexity index is 708. The van der Waals surface area contributed by atoms with Crippen molar-refractivity contribution in [1.82, 2.24) is 19.8 Å². The van der Waals surface area contributed by atoms with Crippen molar-refractivity contribution in [2.45, 2.75) is 38.1 Å². The molecule has 146 valence electrons. The lowest BCUT2D eigenvalue weighted by Gasteiger charge is -2.44. The quantitative estimate of drug-likeness (QED) is 0.777. The Morgan fingerprint density at radius 3 is 2.23 bits per heavy atom. The molecule has 0 aliphatic carbocycles. The summed E-state index contributed by atoms with van der Waals surface area (Å²) in [6.45, 7) is 13.5. The van der Waals surface area contributed by atoms with E-state index in [1.54, 1.807) is 12.1 Å². The lowest BCUT2D eigenvalue weighted by molar-refractivity contribution is 0.0556. The third-order valence-electron chi connectivity index (χ3n) is 4.92. The number of amides is 2. The Kier molecular flexibility index (Phi) is 6.65. The number of hydrogen-bond acceptors (Lipinski definition) is 5. The molecule has 1 aromatic rings. The highest BCUT2D eigenvalue weighted by Crippen LogP contribution is 2.16. The van der Waals surface area contributed by atoms with Gasteiger partial charge in [0.1, 0.15) is 0 Å². The van der Waals surface area contributed by atoms with E-state index in [0.29, 0.717) is 6.54 Å². The van der Waals surface area contributed by atoms with Crippen LogP contribution >= 0.6 is 0 Å². The Balaban J connectivity index is 1.88. The molecule has 2 amide bonds. The lowest BCUT2D eigenvalue weighted by Crippen LogP contribution is -2.59. The van der Waals surface area contributed by atoms with E-state index < -0.39 is 16.1 Å². The number of rotatable bonds is 6. The number of carbonyl (C=O) groups excluding carboxylic acids is 1. The molecule has 1 aromatic carbocycles. The van der Waals surface area contributed by atoms with Gasteiger partial charge in [-0.25, -0.2) is 17.9 Å². The third-order valence-corrected chi connectivity index (χ3v) is 6.26. The van der Waals surface area contributed by atoms with Crippen molar-refractivity contribution in [3.63, 3.8) is 0 Å². The smallest absolute Gasteiger partial charge is 0.328 e. The van der Waals surface area contributed by atoms with Crippen LogP contribution in [0.5, 0.6) is 0 Å². The first-order valence-electron chi connectivity index (χ1n) is 8.99. The van der Waals surface area contributed by atoms with Gasteiger partial charge >= 0.3 is 6.03 Å². The highest BCUT2D eigenvalue weighted by atomic mass is 32.2. The zero-order chi connectivity index (χ0) is 19.4. The number of nitrogens with zero attached hydrogens (tertiary/aromatic N) is 2. The molecule has 2 rings (SSSR count). The van der Waals surface area contributed by atoms with Gasteiger partial charge in [0.25, 0.3) is 10.0 Å². The molecule has 0 bridgehead atoms. The number of urea groups is 1. The number of benzene rings is 1. The molecular formula is C18H30N4O3S. The first-order valence-corrected chi connectivity index (χ1v) is 10.5. The summed E-state index contributed by atoms with van der Waals surface area (Å²) in [7, 11) is -3.86. The zero-order valence-electron chi connectivity index (χ0n) is 16.1. The minimum atomic E-state index is -3.86. The van der Waals surface area contributed by atoms with Crippen LogP contribution in [-0.4, -0.2) is 69.1 Å². The highest BCUT2D eigenvalue weighted by Gasteiger charge is 2.30. The van der Waals surface area contributed by atoms with Crippen LogP contribution in [0.2, 0.25) is 0 Å². The molecule has 1 aliphatic rings. The summed E-state index contributed by atoms with van der Waals surface area (Å²) in [6, 6.07) is 5.67. The molecule has 1 aliphatic heterocycles. The number of hydrogen-bond donors (Lipinski definition) is 2. The number of aryl methyl sites for hydroxylation is 1. The van der Waals surface area contributed by atoms with Crippen LogP contribution < -0.4 is 10.0 Å². The molecule has 0 saturated carbocycles. The summed E-state index contributed by atoms with van der Waals surface area (Å²) >= 11 is 0. The molecule has 0 unspecified atom stereocenters. The maximum Gasteiger partial charge on any atom is 0.328 e. The average Bonchev–Trinajstić information content (AvgIpc) is 2.60. The Hall–Kier alpha value is -1.64. The maximum atomic E-state index is 12.3. The first-order chi connectivity index (χ1) is 12.1. The predicted molar refractivity (Wildman–Crippen MR) is 103 cm³/mol. The fourth-order valence-electron chi connectivity index (χ4n) is 3.01. The van der Waals surface area contributed by atoms with E-state index in [-0.39, 0.29) is 10.4 Å². The standard InChI is InChI=1S/C18H30N4O3S/c1-5-21-10-12-22(13-11-21)18(3,4)14-19-17(23)20-26(24,25)16-8-6-15(2)7-9-16/h6-9H,5,10-14H2,1-4H3,(H2,19,20,23). The molecule has 0 aromatic heterocycles. The van der Waals surface area contributed by atoms with E-state index in [1.807, 2.05) is 6.92 Å². The van der Waals surface area contributed by atoms with Gasteiger partial charge in [-0.3, -0.25) is 4.90 Å². The van der Waals surface area contributed by atoms with Gasteiger partial charge in [0.05, 0.1) is 4.90 Å². The third kappa shape index (κ3) is 5.43. The van der Waals surface area contributed by atoms with E-state index in [0.717, 1.165) is 38.3 Å². The van der Waals surface area contributed by atoms with Crippen molar-refractivity contribution < 1.29 is 13.2 Å². The Labute approximate surface area is 156 Å². The van der Waals surface area contributed by atoms with Gasteiger partial charge < -0.3 is 10.2 Å². The van der Waals surface area contributed by atoms with Gasteiger partial charge in [-0.15, -0.1) is 0 Å². The van der Waals surface area contributed by atoms with E-state index in [1.165, 1.54) is 12.1 Å². The van der Waals surface area contributed by atoms with Crippen molar-refractivity contribution in [3.05, 3.63) is 29.8 Å². The second kappa shape index (κ2) is 8.37. The summed E-state index contributed by atoms with van der Waals surface area (Å²) in [4.78, 5) is 16.9. The van der Waals surface area contributed by atoms with Gasteiger partial charge in [0, 0.05) is 38.3 Å². The van der Waals surface area contributed by atoms with E-state index in [2.05, 4.69) is 40.6 Å². The molecule has 26 heavy (non-hydrogen) atoms. The molecule has 1 saturated heterocycles. The summed E-state index contributed by atoms with van der Waals surface area (Å²) in [5, 5.41) is 2.70. The fourth-order valence-corrected chi connectivity index (χ4v) is 3.94. The topological polar surface area (TPSA) is 81.8 Å². The number of piperazine rings is 1. The largest absolute Gasteiger partial charge is 0.335 e. The van der Waals surface area contributed by atoms with Crippen LogP contribution in [0.1, 0.15) is 26.3 Å². The van der Waals surface area contributed by atoms with Gasteiger partial charge in [-0.05, 0) is 39.4 Å². The van der Waals surface area contributed by atoms with E-state index >= 15 is 0 Å². The number of likely N-dealkylation sites (N-methyl/N-ethyl adjacent to an activating group) is 1. The van der Waals surface area contributed by atoms with E-state index in [4.69, 9.17) is 0 Å². The van der Waals surface area contributed by atoms with Crippen LogP contribution in [0.3, 0.4) is 0 Å².